The summed E-state index contributed by atoms with van der Waals surface area (Å²) in [4.78, 5) is 11.4. The molecule has 0 fully saturated rings. The van der Waals surface area contributed by atoms with Crippen molar-refractivity contribution in [2.45, 2.75) is 25.7 Å². The van der Waals surface area contributed by atoms with E-state index in [4.69, 9.17) is 5.73 Å². The highest BCUT2D eigenvalue weighted by atomic mass is 79.9. The minimum atomic E-state index is -0.0892. The fourth-order valence-electron chi connectivity index (χ4n) is 1.55. The lowest BCUT2D eigenvalue weighted by molar-refractivity contribution is -0.121. The largest absolute Gasteiger partial charge is 0.355 e. The van der Waals surface area contributed by atoms with Crippen LogP contribution in [0.2, 0.25) is 0 Å². The van der Waals surface area contributed by atoms with Gasteiger partial charge in [0.15, 0.2) is 0 Å². The summed E-state index contributed by atoms with van der Waals surface area (Å²) in [7, 11) is 0. The highest BCUT2D eigenvalue weighted by molar-refractivity contribution is 9.10. The number of rotatable bonds is 5. The normalized spacial score (nSPS) is 11.3. The van der Waals surface area contributed by atoms with Crippen LogP contribution in [0, 0.1) is 0 Å². The maximum Gasteiger partial charge on any atom is 0.221 e. The number of nitrogens with one attached hydrogen (secondary N) is 1. The summed E-state index contributed by atoms with van der Waals surface area (Å²) in [5.74, 6) is 0.00979. The van der Waals surface area contributed by atoms with Crippen LogP contribution in [0.25, 0.3) is 0 Å². The first-order chi connectivity index (χ1) is 7.95. The molecule has 0 atom stereocenters. The molecule has 3 nitrogen and oxygen atoms in total. The van der Waals surface area contributed by atoms with Crippen LogP contribution in [0.1, 0.15) is 25.8 Å². The number of hydrogen-bond donors (Lipinski definition) is 2. The van der Waals surface area contributed by atoms with E-state index in [1.807, 2.05) is 12.1 Å². The highest BCUT2D eigenvalue weighted by Gasteiger charge is 2.21. The topological polar surface area (TPSA) is 55.1 Å². The van der Waals surface area contributed by atoms with Gasteiger partial charge in [-0.3, -0.25) is 4.79 Å². The van der Waals surface area contributed by atoms with Gasteiger partial charge in [0.2, 0.25) is 5.91 Å². The van der Waals surface area contributed by atoms with Crippen molar-refractivity contribution >= 4 is 21.8 Å². The quantitative estimate of drug-likeness (QED) is 0.875. The molecule has 0 saturated carbocycles. The van der Waals surface area contributed by atoms with Gasteiger partial charge in [0.1, 0.15) is 0 Å². The summed E-state index contributed by atoms with van der Waals surface area (Å²) in [6, 6.07) is 8.14. The molecule has 94 valence electrons. The lowest BCUT2D eigenvalue weighted by atomic mass is 9.84. The van der Waals surface area contributed by atoms with E-state index in [0.717, 1.165) is 4.47 Å². The van der Waals surface area contributed by atoms with Crippen molar-refractivity contribution in [1.29, 1.82) is 0 Å². The van der Waals surface area contributed by atoms with E-state index in [-0.39, 0.29) is 11.3 Å². The average molecular weight is 299 g/mol. The van der Waals surface area contributed by atoms with E-state index in [0.29, 0.717) is 19.5 Å². The van der Waals surface area contributed by atoms with Crippen molar-refractivity contribution in [2.24, 2.45) is 5.73 Å². The van der Waals surface area contributed by atoms with Crippen LogP contribution >= 0.6 is 15.9 Å². The molecule has 4 heteroatoms. The van der Waals surface area contributed by atoms with E-state index >= 15 is 0 Å². The molecule has 0 spiro atoms. The summed E-state index contributed by atoms with van der Waals surface area (Å²) in [5, 5.41) is 2.91. The molecule has 0 aromatic heterocycles. The third-order valence-corrected chi connectivity index (χ3v) is 3.20. The van der Waals surface area contributed by atoms with Gasteiger partial charge in [-0.1, -0.05) is 41.9 Å². The lowest BCUT2D eigenvalue weighted by Gasteiger charge is -2.26. The summed E-state index contributed by atoms with van der Waals surface area (Å²) in [6.45, 7) is 5.22. The first kappa shape index (κ1) is 14.2. The Morgan fingerprint density at radius 3 is 2.76 bits per heavy atom. The van der Waals surface area contributed by atoms with Gasteiger partial charge in [-0.05, 0) is 17.7 Å². The average Bonchev–Trinajstić information content (AvgIpc) is 2.27. The van der Waals surface area contributed by atoms with Crippen LogP contribution in [0.3, 0.4) is 0 Å². The van der Waals surface area contributed by atoms with Gasteiger partial charge >= 0.3 is 0 Å². The zero-order valence-corrected chi connectivity index (χ0v) is 11.9. The molecule has 17 heavy (non-hydrogen) atoms. The Hall–Kier alpha value is -0.870. The van der Waals surface area contributed by atoms with Gasteiger partial charge in [0.05, 0.1) is 0 Å². The van der Waals surface area contributed by atoms with Gasteiger partial charge in [0.25, 0.3) is 0 Å². The summed E-state index contributed by atoms with van der Waals surface area (Å²) in [6.07, 6.45) is 0.383. The molecule has 0 aliphatic carbocycles. The van der Waals surface area contributed by atoms with E-state index in [1.165, 1.54) is 5.56 Å². The van der Waals surface area contributed by atoms with Crippen molar-refractivity contribution in [3.05, 3.63) is 34.3 Å². The van der Waals surface area contributed by atoms with Crippen LogP contribution < -0.4 is 11.1 Å². The smallest absolute Gasteiger partial charge is 0.221 e. The maximum absolute atomic E-state index is 11.4. The van der Waals surface area contributed by atoms with Gasteiger partial charge in [-0.25, -0.2) is 0 Å². The Balaban J connectivity index is 2.65. The van der Waals surface area contributed by atoms with Crippen LogP contribution in [0.5, 0.6) is 0 Å². The number of nitrogens with two attached hydrogens (primary N) is 1. The molecule has 1 amide bonds. The molecule has 0 radical (unpaired) electrons. The second-order valence-corrected chi connectivity index (χ2v) is 5.63. The molecule has 1 aromatic rings. The predicted octanol–water partition coefficient (Wildman–Crippen LogP) is 2.19. The van der Waals surface area contributed by atoms with Crippen LogP contribution in [-0.4, -0.2) is 19.0 Å². The van der Waals surface area contributed by atoms with Crippen LogP contribution in [0.4, 0.5) is 0 Å². The number of benzene rings is 1. The Bertz CT molecular complexity index is 391. The standard InChI is InChI=1S/C13H19BrN2O/c1-13(2,9-16-12(17)6-7-15)10-4-3-5-11(14)8-10/h3-5,8H,6-7,9,15H2,1-2H3,(H,16,17). The fourth-order valence-corrected chi connectivity index (χ4v) is 1.95. The predicted molar refractivity (Wildman–Crippen MR) is 73.8 cm³/mol. The Morgan fingerprint density at radius 2 is 2.18 bits per heavy atom. The molecular formula is C13H19BrN2O. The number of carbonyl (C=O) groups is 1. The van der Waals surface area contributed by atoms with Crippen molar-refractivity contribution < 1.29 is 4.79 Å². The molecule has 1 rings (SSSR count). The highest BCUT2D eigenvalue weighted by Crippen LogP contribution is 2.24. The number of amides is 1. The van der Waals surface area contributed by atoms with Gasteiger partial charge < -0.3 is 11.1 Å². The van der Waals surface area contributed by atoms with Gasteiger partial charge in [-0.15, -0.1) is 0 Å². The third-order valence-electron chi connectivity index (χ3n) is 2.70. The number of carbonyl (C=O) groups excluding carboxylic acids is 1. The van der Waals surface area contributed by atoms with Crippen molar-refractivity contribution in [2.75, 3.05) is 13.1 Å². The Labute approximate surface area is 111 Å². The second kappa shape index (κ2) is 6.17. The van der Waals surface area contributed by atoms with Gasteiger partial charge in [-0.2, -0.15) is 0 Å². The molecule has 0 unspecified atom stereocenters. The summed E-state index contributed by atoms with van der Waals surface area (Å²) < 4.78 is 1.05. The first-order valence-electron chi connectivity index (χ1n) is 5.68. The van der Waals surface area contributed by atoms with E-state index in [1.54, 1.807) is 0 Å². The maximum atomic E-state index is 11.4. The van der Waals surface area contributed by atoms with Crippen molar-refractivity contribution in [3.63, 3.8) is 0 Å². The monoisotopic (exact) mass is 298 g/mol. The van der Waals surface area contributed by atoms with Crippen molar-refractivity contribution in [3.8, 4) is 0 Å². The zero-order chi connectivity index (χ0) is 12.9. The minimum Gasteiger partial charge on any atom is -0.355 e. The molecule has 0 aliphatic heterocycles. The van der Waals surface area contributed by atoms with Crippen LogP contribution in [-0.2, 0) is 10.2 Å². The molecule has 0 heterocycles. The Morgan fingerprint density at radius 1 is 1.47 bits per heavy atom. The number of halogens is 1. The van der Waals surface area contributed by atoms with Gasteiger partial charge in [0, 0.05) is 29.4 Å². The summed E-state index contributed by atoms with van der Waals surface area (Å²) >= 11 is 3.46. The molecule has 0 aliphatic rings. The molecular weight excluding hydrogens is 280 g/mol. The van der Waals surface area contributed by atoms with E-state index < -0.39 is 0 Å². The first-order valence-corrected chi connectivity index (χ1v) is 6.48. The lowest BCUT2D eigenvalue weighted by Crippen LogP contribution is -2.37. The molecule has 0 bridgehead atoms. The van der Waals surface area contributed by atoms with E-state index in [2.05, 4.69) is 47.2 Å². The second-order valence-electron chi connectivity index (χ2n) is 4.71. The molecule has 3 N–H and O–H groups in total. The zero-order valence-electron chi connectivity index (χ0n) is 10.3. The van der Waals surface area contributed by atoms with E-state index in [9.17, 15) is 4.79 Å². The Kier molecular flexibility index (Phi) is 5.15. The minimum absolute atomic E-state index is 0.00979. The summed E-state index contributed by atoms with van der Waals surface area (Å²) in [5.41, 5.74) is 6.44. The number of hydrogen-bond acceptors (Lipinski definition) is 2. The molecule has 1 aromatic carbocycles. The van der Waals surface area contributed by atoms with Crippen LogP contribution in [0.15, 0.2) is 28.7 Å². The fraction of sp³-hybridized carbons (Fsp3) is 0.462. The SMILES string of the molecule is CC(C)(CNC(=O)CCN)c1cccc(Br)c1. The molecule has 0 saturated heterocycles. The third kappa shape index (κ3) is 4.48. The van der Waals surface area contributed by atoms with Crippen molar-refractivity contribution in [1.82, 2.24) is 5.32 Å².